The number of methoxy groups -OCH3 is 2. The second-order valence-corrected chi connectivity index (χ2v) is 4.68. The van der Waals surface area contributed by atoms with Crippen LogP contribution in [0.15, 0.2) is 12.1 Å². The Morgan fingerprint density at radius 2 is 1.78 bits per heavy atom. The summed E-state index contributed by atoms with van der Waals surface area (Å²) in [6.45, 7) is 4.33. The zero-order valence-corrected chi connectivity index (χ0v) is 11.3. The smallest absolute Gasteiger partial charge is 0.219 e. The molecule has 0 bridgehead atoms. The standard InChI is InChI=1S/C14H19NO3/c1-9-5-11-6-13(17-3)14(18-4)7-12(11)8-15(9)10(2)16/h6-7,9H,5,8H2,1-4H3. The quantitative estimate of drug-likeness (QED) is 0.804. The zero-order chi connectivity index (χ0) is 13.3. The van der Waals surface area contributed by atoms with Gasteiger partial charge in [-0.15, -0.1) is 0 Å². The lowest BCUT2D eigenvalue weighted by molar-refractivity contribution is -0.131. The minimum absolute atomic E-state index is 0.114. The van der Waals surface area contributed by atoms with Crippen LogP contribution in [0, 0.1) is 0 Å². The van der Waals surface area contributed by atoms with Gasteiger partial charge in [-0.2, -0.15) is 0 Å². The van der Waals surface area contributed by atoms with Gasteiger partial charge in [0.2, 0.25) is 5.91 Å². The average molecular weight is 249 g/mol. The number of benzene rings is 1. The predicted octanol–water partition coefficient (Wildman–Crippen LogP) is 2.00. The fourth-order valence-corrected chi connectivity index (χ4v) is 2.49. The van der Waals surface area contributed by atoms with E-state index in [4.69, 9.17) is 9.47 Å². The van der Waals surface area contributed by atoms with Crippen LogP contribution in [0.1, 0.15) is 25.0 Å². The predicted molar refractivity (Wildman–Crippen MR) is 68.9 cm³/mol. The van der Waals surface area contributed by atoms with Crippen LogP contribution in [0.5, 0.6) is 11.5 Å². The fourth-order valence-electron chi connectivity index (χ4n) is 2.49. The number of hydrogen-bond donors (Lipinski definition) is 0. The maximum Gasteiger partial charge on any atom is 0.219 e. The maximum absolute atomic E-state index is 11.6. The van der Waals surface area contributed by atoms with Crippen LogP contribution in [0.4, 0.5) is 0 Å². The highest BCUT2D eigenvalue weighted by Crippen LogP contribution is 2.34. The first kappa shape index (κ1) is 12.7. The first-order valence-corrected chi connectivity index (χ1v) is 6.07. The van der Waals surface area contributed by atoms with Crippen LogP contribution in [-0.4, -0.2) is 31.1 Å². The third kappa shape index (κ3) is 2.15. The van der Waals surface area contributed by atoms with Crippen LogP contribution >= 0.6 is 0 Å². The van der Waals surface area contributed by atoms with Gasteiger partial charge in [-0.05, 0) is 36.6 Å². The van der Waals surface area contributed by atoms with Crippen molar-refractivity contribution in [2.45, 2.75) is 32.9 Å². The molecule has 2 rings (SSSR count). The van der Waals surface area contributed by atoms with Crippen molar-refractivity contribution in [2.24, 2.45) is 0 Å². The Labute approximate surface area is 107 Å². The minimum atomic E-state index is 0.114. The van der Waals surface area contributed by atoms with Gasteiger partial charge in [0, 0.05) is 19.5 Å². The lowest BCUT2D eigenvalue weighted by Gasteiger charge is -2.34. The second kappa shape index (κ2) is 4.88. The number of amides is 1. The average Bonchev–Trinajstić information content (AvgIpc) is 2.36. The molecule has 1 amide bonds. The molecule has 0 N–H and O–H groups in total. The van der Waals surface area contributed by atoms with E-state index >= 15 is 0 Å². The summed E-state index contributed by atoms with van der Waals surface area (Å²) in [5, 5.41) is 0. The van der Waals surface area contributed by atoms with Gasteiger partial charge in [0.1, 0.15) is 0 Å². The molecule has 0 saturated carbocycles. The van der Waals surface area contributed by atoms with E-state index in [1.807, 2.05) is 17.0 Å². The highest BCUT2D eigenvalue weighted by Gasteiger charge is 2.26. The summed E-state index contributed by atoms with van der Waals surface area (Å²) in [6.07, 6.45) is 0.856. The van der Waals surface area contributed by atoms with E-state index in [0.29, 0.717) is 12.3 Å². The summed E-state index contributed by atoms with van der Waals surface area (Å²) in [5.74, 6) is 1.58. The van der Waals surface area contributed by atoms with Gasteiger partial charge < -0.3 is 14.4 Å². The third-order valence-corrected chi connectivity index (χ3v) is 3.50. The van der Waals surface area contributed by atoms with Crippen LogP contribution in [-0.2, 0) is 17.8 Å². The topological polar surface area (TPSA) is 38.8 Å². The van der Waals surface area contributed by atoms with Gasteiger partial charge in [-0.1, -0.05) is 0 Å². The molecular formula is C14H19NO3. The lowest BCUT2D eigenvalue weighted by atomic mass is 9.94. The van der Waals surface area contributed by atoms with Gasteiger partial charge in [0.25, 0.3) is 0 Å². The Kier molecular flexibility index (Phi) is 3.45. The first-order valence-electron chi connectivity index (χ1n) is 6.07. The summed E-state index contributed by atoms with van der Waals surface area (Å²) in [4.78, 5) is 13.4. The second-order valence-electron chi connectivity index (χ2n) is 4.68. The zero-order valence-electron chi connectivity index (χ0n) is 11.3. The molecule has 0 aliphatic carbocycles. The molecule has 0 radical (unpaired) electrons. The molecule has 1 heterocycles. The number of hydrogen-bond acceptors (Lipinski definition) is 3. The molecule has 1 aliphatic heterocycles. The third-order valence-electron chi connectivity index (χ3n) is 3.50. The first-order chi connectivity index (χ1) is 8.56. The molecule has 18 heavy (non-hydrogen) atoms. The monoisotopic (exact) mass is 249 g/mol. The van der Waals surface area contributed by atoms with Crippen molar-refractivity contribution in [3.63, 3.8) is 0 Å². The van der Waals surface area contributed by atoms with Crippen LogP contribution in [0.2, 0.25) is 0 Å². The molecule has 1 unspecified atom stereocenters. The summed E-state index contributed by atoms with van der Waals surface area (Å²) in [5.41, 5.74) is 2.37. The van der Waals surface area contributed by atoms with Crippen LogP contribution in [0.3, 0.4) is 0 Å². The molecule has 1 aliphatic rings. The molecule has 98 valence electrons. The molecule has 1 atom stereocenters. The Morgan fingerprint density at radius 1 is 1.22 bits per heavy atom. The molecule has 1 aromatic carbocycles. The van der Waals surface area contributed by atoms with E-state index in [-0.39, 0.29) is 11.9 Å². The van der Waals surface area contributed by atoms with E-state index in [0.717, 1.165) is 17.7 Å². The van der Waals surface area contributed by atoms with E-state index in [9.17, 15) is 4.79 Å². The summed E-state index contributed by atoms with van der Waals surface area (Å²) in [7, 11) is 3.26. The maximum atomic E-state index is 11.6. The van der Waals surface area contributed by atoms with Gasteiger partial charge >= 0.3 is 0 Å². The SMILES string of the molecule is COc1cc2c(cc1OC)CN(C(C)=O)C(C)C2. The Hall–Kier alpha value is -1.71. The summed E-state index contributed by atoms with van der Waals surface area (Å²) in [6, 6.07) is 4.21. The molecule has 0 aromatic heterocycles. The van der Waals surface area contributed by atoms with E-state index in [1.165, 1.54) is 5.56 Å². The van der Waals surface area contributed by atoms with Crippen molar-refractivity contribution >= 4 is 5.91 Å². The molecule has 4 nitrogen and oxygen atoms in total. The number of nitrogens with zero attached hydrogens (tertiary/aromatic N) is 1. The largest absolute Gasteiger partial charge is 0.493 e. The van der Waals surface area contributed by atoms with Crippen molar-refractivity contribution < 1.29 is 14.3 Å². The fraction of sp³-hybridized carbons (Fsp3) is 0.500. The molecule has 4 heteroatoms. The molecule has 0 spiro atoms. The van der Waals surface area contributed by atoms with Crippen molar-refractivity contribution in [2.75, 3.05) is 14.2 Å². The summed E-state index contributed by atoms with van der Waals surface area (Å²) >= 11 is 0. The van der Waals surface area contributed by atoms with Gasteiger partial charge in [0.05, 0.1) is 14.2 Å². The minimum Gasteiger partial charge on any atom is -0.493 e. The van der Waals surface area contributed by atoms with Crippen molar-refractivity contribution in [1.82, 2.24) is 4.90 Å². The van der Waals surface area contributed by atoms with E-state index < -0.39 is 0 Å². The molecule has 0 fully saturated rings. The number of fused-ring (bicyclic) bond motifs is 1. The number of rotatable bonds is 2. The van der Waals surface area contributed by atoms with E-state index in [2.05, 4.69) is 6.92 Å². The van der Waals surface area contributed by atoms with Crippen LogP contribution < -0.4 is 9.47 Å². The van der Waals surface area contributed by atoms with Crippen molar-refractivity contribution in [1.29, 1.82) is 0 Å². The highest BCUT2D eigenvalue weighted by molar-refractivity contribution is 5.74. The molecular weight excluding hydrogens is 230 g/mol. The Balaban J connectivity index is 2.40. The van der Waals surface area contributed by atoms with E-state index in [1.54, 1.807) is 21.1 Å². The van der Waals surface area contributed by atoms with Gasteiger partial charge in [0.15, 0.2) is 11.5 Å². The van der Waals surface area contributed by atoms with Gasteiger partial charge in [-0.3, -0.25) is 4.79 Å². The number of ether oxygens (including phenoxy) is 2. The number of carbonyl (C=O) groups is 1. The molecule has 1 aromatic rings. The van der Waals surface area contributed by atoms with Crippen LogP contribution in [0.25, 0.3) is 0 Å². The Bertz CT molecular complexity index is 470. The Morgan fingerprint density at radius 3 is 2.28 bits per heavy atom. The van der Waals surface area contributed by atoms with Gasteiger partial charge in [-0.25, -0.2) is 0 Å². The lowest BCUT2D eigenvalue weighted by Crippen LogP contribution is -2.41. The highest BCUT2D eigenvalue weighted by atomic mass is 16.5. The van der Waals surface area contributed by atoms with Crippen molar-refractivity contribution in [3.05, 3.63) is 23.3 Å². The number of carbonyl (C=O) groups excluding carboxylic acids is 1. The van der Waals surface area contributed by atoms with Crippen molar-refractivity contribution in [3.8, 4) is 11.5 Å². The summed E-state index contributed by atoms with van der Waals surface area (Å²) < 4.78 is 10.6. The molecule has 0 saturated heterocycles. The normalized spacial score (nSPS) is 18.2.